The van der Waals surface area contributed by atoms with Crippen molar-refractivity contribution < 1.29 is 9.53 Å². The van der Waals surface area contributed by atoms with Crippen molar-refractivity contribution >= 4 is 11.7 Å². The van der Waals surface area contributed by atoms with Crippen molar-refractivity contribution in [3.8, 4) is 0 Å². The molecule has 1 N–H and O–H groups in total. The van der Waals surface area contributed by atoms with Gasteiger partial charge in [0.05, 0.1) is 12.3 Å². The van der Waals surface area contributed by atoms with Gasteiger partial charge in [-0.15, -0.1) is 0 Å². The van der Waals surface area contributed by atoms with Gasteiger partial charge >= 0.3 is 5.97 Å². The van der Waals surface area contributed by atoms with Crippen molar-refractivity contribution in [1.29, 1.82) is 0 Å². The molecule has 0 radical (unpaired) electrons. The largest absolute Gasteiger partial charge is 0.461 e. The Morgan fingerprint density at radius 2 is 2.36 bits per heavy atom. The Bertz CT molecular complexity index is 313. The molecule has 4 nitrogen and oxygen atoms in total. The lowest BCUT2D eigenvalue weighted by Gasteiger charge is -2.07. The first-order chi connectivity index (χ1) is 6.79. The van der Waals surface area contributed by atoms with Crippen LogP contribution in [0, 0.1) is 0 Å². The van der Waals surface area contributed by atoms with Crippen molar-refractivity contribution in [2.45, 2.75) is 13.8 Å². The summed E-state index contributed by atoms with van der Waals surface area (Å²) in [6.07, 6.45) is 1.58. The van der Waals surface area contributed by atoms with Crippen molar-refractivity contribution in [1.82, 2.24) is 4.98 Å². The molecule has 1 aromatic rings. The summed E-state index contributed by atoms with van der Waals surface area (Å²) >= 11 is 0. The SMILES string of the molecule is CCNc1cccnc1C(=O)OCC. The number of nitrogens with zero attached hydrogens (tertiary/aromatic N) is 1. The number of carbonyl (C=O) groups excluding carboxylic acids is 1. The van der Waals surface area contributed by atoms with Crippen LogP contribution in [0.3, 0.4) is 0 Å². The van der Waals surface area contributed by atoms with Crippen LogP contribution in [0.1, 0.15) is 24.3 Å². The van der Waals surface area contributed by atoms with E-state index in [1.54, 1.807) is 19.2 Å². The summed E-state index contributed by atoms with van der Waals surface area (Å²) < 4.78 is 4.87. The lowest BCUT2D eigenvalue weighted by molar-refractivity contribution is 0.0521. The second kappa shape index (κ2) is 5.21. The Labute approximate surface area is 83.3 Å². The first-order valence-corrected chi connectivity index (χ1v) is 4.65. The maximum atomic E-state index is 11.4. The highest BCUT2D eigenvalue weighted by Gasteiger charge is 2.12. The number of aromatic nitrogens is 1. The zero-order chi connectivity index (χ0) is 10.4. The zero-order valence-electron chi connectivity index (χ0n) is 8.41. The fourth-order valence-electron chi connectivity index (χ4n) is 1.10. The van der Waals surface area contributed by atoms with Gasteiger partial charge in [-0.3, -0.25) is 0 Å². The fraction of sp³-hybridized carbons (Fsp3) is 0.400. The standard InChI is InChI=1S/C10H14N2O2/c1-3-11-8-6-5-7-12-9(8)10(13)14-4-2/h5-7,11H,3-4H2,1-2H3. The average molecular weight is 194 g/mol. The Kier molecular flexibility index (Phi) is 3.91. The van der Waals surface area contributed by atoms with Gasteiger partial charge in [0.25, 0.3) is 0 Å². The van der Waals surface area contributed by atoms with E-state index in [2.05, 4.69) is 10.3 Å². The lowest BCUT2D eigenvalue weighted by Crippen LogP contribution is -2.11. The molecule has 1 heterocycles. The second-order valence-electron chi connectivity index (χ2n) is 2.65. The highest BCUT2D eigenvalue weighted by atomic mass is 16.5. The number of pyridine rings is 1. The number of rotatable bonds is 4. The van der Waals surface area contributed by atoms with E-state index in [0.717, 1.165) is 6.54 Å². The van der Waals surface area contributed by atoms with E-state index in [0.29, 0.717) is 18.0 Å². The predicted octanol–water partition coefficient (Wildman–Crippen LogP) is 1.69. The summed E-state index contributed by atoms with van der Waals surface area (Å²) in [5.41, 5.74) is 1.06. The lowest BCUT2D eigenvalue weighted by atomic mass is 10.3. The topological polar surface area (TPSA) is 51.2 Å². The molecule has 0 spiro atoms. The molecule has 1 aromatic heterocycles. The molecule has 0 unspecified atom stereocenters. The minimum atomic E-state index is -0.385. The molecule has 0 atom stereocenters. The van der Waals surface area contributed by atoms with Gasteiger partial charge < -0.3 is 10.1 Å². The molecule has 0 aliphatic heterocycles. The van der Waals surface area contributed by atoms with E-state index >= 15 is 0 Å². The molecule has 0 aromatic carbocycles. The molecule has 0 saturated carbocycles. The van der Waals surface area contributed by atoms with Crippen molar-refractivity contribution in [2.75, 3.05) is 18.5 Å². The Morgan fingerprint density at radius 1 is 1.57 bits per heavy atom. The molecule has 0 aliphatic rings. The predicted molar refractivity (Wildman–Crippen MR) is 54.4 cm³/mol. The highest BCUT2D eigenvalue weighted by molar-refractivity contribution is 5.93. The van der Waals surface area contributed by atoms with Crippen LogP contribution in [0.25, 0.3) is 0 Å². The van der Waals surface area contributed by atoms with Gasteiger partial charge in [-0.1, -0.05) is 0 Å². The summed E-state index contributed by atoms with van der Waals surface area (Å²) in [6, 6.07) is 3.59. The van der Waals surface area contributed by atoms with Crippen molar-refractivity contribution in [3.63, 3.8) is 0 Å². The van der Waals surface area contributed by atoms with Gasteiger partial charge in [0.1, 0.15) is 0 Å². The number of anilines is 1. The van der Waals surface area contributed by atoms with Crippen LogP contribution < -0.4 is 5.32 Å². The molecule has 0 amide bonds. The summed E-state index contributed by atoms with van der Waals surface area (Å²) in [5.74, 6) is -0.385. The van der Waals surface area contributed by atoms with Crippen LogP contribution in [0.5, 0.6) is 0 Å². The maximum Gasteiger partial charge on any atom is 0.359 e. The minimum Gasteiger partial charge on any atom is -0.461 e. The first kappa shape index (κ1) is 10.5. The average Bonchev–Trinajstić information content (AvgIpc) is 2.19. The van der Waals surface area contributed by atoms with Crippen LogP contribution in [-0.4, -0.2) is 24.1 Å². The molecule has 0 fully saturated rings. The van der Waals surface area contributed by atoms with Crippen LogP contribution in [0.15, 0.2) is 18.3 Å². The fourth-order valence-corrected chi connectivity index (χ4v) is 1.10. The van der Waals surface area contributed by atoms with E-state index in [1.807, 2.05) is 13.0 Å². The third-order valence-corrected chi connectivity index (χ3v) is 1.64. The van der Waals surface area contributed by atoms with Crippen LogP contribution in [0.2, 0.25) is 0 Å². The monoisotopic (exact) mass is 194 g/mol. The number of hydrogen-bond donors (Lipinski definition) is 1. The Morgan fingerprint density at radius 3 is 3.00 bits per heavy atom. The van der Waals surface area contributed by atoms with Crippen molar-refractivity contribution in [2.24, 2.45) is 0 Å². The van der Waals surface area contributed by atoms with E-state index in [-0.39, 0.29) is 5.97 Å². The molecular formula is C10H14N2O2. The maximum absolute atomic E-state index is 11.4. The Hall–Kier alpha value is -1.58. The molecule has 0 aliphatic carbocycles. The summed E-state index contributed by atoms with van der Waals surface area (Å²) in [5, 5.41) is 3.05. The Balaban J connectivity index is 2.88. The molecule has 0 saturated heterocycles. The van der Waals surface area contributed by atoms with Gasteiger partial charge in [-0.2, -0.15) is 0 Å². The molecule has 14 heavy (non-hydrogen) atoms. The highest BCUT2D eigenvalue weighted by Crippen LogP contribution is 2.12. The molecule has 1 rings (SSSR count). The molecule has 4 heteroatoms. The second-order valence-corrected chi connectivity index (χ2v) is 2.65. The van der Waals surface area contributed by atoms with E-state index < -0.39 is 0 Å². The number of ether oxygens (including phenoxy) is 1. The molecular weight excluding hydrogens is 180 g/mol. The van der Waals surface area contributed by atoms with Gasteiger partial charge in [0, 0.05) is 12.7 Å². The number of hydrogen-bond acceptors (Lipinski definition) is 4. The van der Waals surface area contributed by atoms with Gasteiger partial charge in [0.15, 0.2) is 5.69 Å². The van der Waals surface area contributed by atoms with Gasteiger partial charge in [-0.25, -0.2) is 9.78 Å². The third-order valence-electron chi connectivity index (χ3n) is 1.64. The van der Waals surface area contributed by atoms with E-state index in [9.17, 15) is 4.79 Å². The molecule has 0 bridgehead atoms. The number of carbonyl (C=O) groups is 1. The van der Waals surface area contributed by atoms with Crippen LogP contribution in [0.4, 0.5) is 5.69 Å². The smallest absolute Gasteiger partial charge is 0.359 e. The minimum absolute atomic E-state index is 0.344. The quantitative estimate of drug-likeness (QED) is 0.741. The summed E-state index contributed by atoms with van der Waals surface area (Å²) in [7, 11) is 0. The summed E-state index contributed by atoms with van der Waals surface area (Å²) in [6.45, 7) is 4.84. The summed E-state index contributed by atoms with van der Waals surface area (Å²) in [4.78, 5) is 15.4. The number of esters is 1. The van der Waals surface area contributed by atoms with Crippen LogP contribution in [-0.2, 0) is 4.74 Å². The van der Waals surface area contributed by atoms with E-state index in [4.69, 9.17) is 4.74 Å². The van der Waals surface area contributed by atoms with Gasteiger partial charge in [-0.05, 0) is 26.0 Å². The van der Waals surface area contributed by atoms with E-state index in [1.165, 1.54) is 0 Å². The van der Waals surface area contributed by atoms with Crippen LogP contribution >= 0.6 is 0 Å². The normalized spacial score (nSPS) is 9.57. The zero-order valence-corrected chi connectivity index (χ0v) is 8.41. The van der Waals surface area contributed by atoms with Gasteiger partial charge in [0.2, 0.25) is 0 Å². The number of nitrogens with one attached hydrogen (secondary N) is 1. The third kappa shape index (κ3) is 2.45. The molecule has 76 valence electrons. The first-order valence-electron chi connectivity index (χ1n) is 4.65. The van der Waals surface area contributed by atoms with Crippen molar-refractivity contribution in [3.05, 3.63) is 24.0 Å².